The summed E-state index contributed by atoms with van der Waals surface area (Å²) >= 11 is 0. The maximum Gasteiger partial charge on any atom is 0.118 e. The minimum Gasteiger partial charge on any atom is -0.497 e. The summed E-state index contributed by atoms with van der Waals surface area (Å²) < 4.78 is 10.6. The van der Waals surface area contributed by atoms with Crippen molar-refractivity contribution in [1.82, 2.24) is 0 Å². The van der Waals surface area contributed by atoms with Gasteiger partial charge in [-0.1, -0.05) is 52.0 Å². The highest BCUT2D eigenvalue weighted by Crippen LogP contribution is 2.67. The Kier molecular flexibility index (Phi) is 4.26. The molecule has 1 fully saturated rings. The number of ether oxygens (including phenoxy) is 2. The van der Waals surface area contributed by atoms with E-state index < -0.39 is 0 Å². The van der Waals surface area contributed by atoms with Crippen LogP contribution in [0.1, 0.15) is 38.8 Å². The van der Waals surface area contributed by atoms with Crippen LogP contribution >= 0.6 is 0 Å². The smallest absolute Gasteiger partial charge is 0.118 e. The van der Waals surface area contributed by atoms with Crippen molar-refractivity contribution in [3.05, 3.63) is 71.0 Å². The molecule has 2 aromatic rings. The van der Waals surface area contributed by atoms with E-state index in [2.05, 4.69) is 57.7 Å². The first-order valence-corrected chi connectivity index (χ1v) is 8.62. The van der Waals surface area contributed by atoms with Gasteiger partial charge in [0, 0.05) is 16.4 Å². The summed E-state index contributed by atoms with van der Waals surface area (Å²) in [5.41, 5.74) is 8.83. The minimum absolute atomic E-state index is 0.178. The molecule has 0 saturated heterocycles. The van der Waals surface area contributed by atoms with Crippen LogP contribution in [0.25, 0.3) is 5.57 Å². The maximum atomic E-state index is 5.29. The molecule has 2 nitrogen and oxygen atoms in total. The molecule has 1 aliphatic carbocycles. The van der Waals surface area contributed by atoms with Gasteiger partial charge in [-0.25, -0.2) is 0 Å². The predicted molar refractivity (Wildman–Crippen MR) is 103 cm³/mol. The van der Waals surface area contributed by atoms with E-state index in [4.69, 9.17) is 9.47 Å². The lowest BCUT2D eigenvalue weighted by molar-refractivity contribution is 0.414. The predicted octanol–water partition coefficient (Wildman–Crippen LogP) is 5.73. The van der Waals surface area contributed by atoms with E-state index in [1.54, 1.807) is 14.2 Å². The Labute approximate surface area is 150 Å². The first-order chi connectivity index (χ1) is 11.8. The van der Waals surface area contributed by atoms with Crippen molar-refractivity contribution in [2.24, 2.45) is 10.8 Å². The lowest BCUT2D eigenvalue weighted by Crippen LogP contribution is -1.95. The Morgan fingerprint density at radius 1 is 0.680 bits per heavy atom. The Hall–Kier alpha value is -2.44. The number of hydrogen-bond acceptors (Lipinski definition) is 2. The van der Waals surface area contributed by atoms with E-state index in [0.29, 0.717) is 0 Å². The van der Waals surface area contributed by atoms with Gasteiger partial charge in [-0.3, -0.25) is 0 Å². The third kappa shape index (κ3) is 2.99. The van der Waals surface area contributed by atoms with E-state index in [1.165, 1.54) is 5.57 Å². The average molecular weight is 334 g/mol. The summed E-state index contributed by atoms with van der Waals surface area (Å²) in [4.78, 5) is 0. The molecule has 3 rings (SSSR count). The van der Waals surface area contributed by atoms with Crippen LogP contribution in [0.3, 0.4) is 0 Å². The van der Waals surface area contributed by atoms with Crippen LogP contribution in [0, 0.1) is 10.8 Å². The fraction of sp³-hybridized carbons (Fsp3) is 0.348. The third-order valence-electron chi connectivity index (χ3n) is 5.76. The topological polar surface area (TPSA) is 18.5 Å². The van der Waals surface area contributed by atoms with Crippen molar-refractivity contribution in [2.45, 2.75) is 27.7 Å². The van der Waals surface area contributed by atoms with E-state index in [1.807, 2.05) is 24.3 Å². The second-order valence-electron chi connectivity index (χ2n) is 7.58. The first kappa shape index (κ1) is 17.4. The molecule has 25 heavy (non-hydrogen) atoms. The summed E-state index contributed by atoms with van der Waals surface area (Å²) in [7, 11) is 3.37. The molecule has 0 aliphatic heterocycles. The first-order valence-electron chi connectivity index (χ1n) is 8.62. The van der Waals surface area contributed by atoms with Gasteiger partial charge in [0.1, 0.15) is 11.5 Å². The SMILES string of the molecule is COc1ccc(C(=C=C2C(C)(C)C2(C)C)c2ccc(OC)cc2)cc1. The van der Waals surface area contributed by atoms with Gasteiger partial charge in [0.25, 0.3) is 0 Å². The Balaban J connectivity index is 2.17. The summed E-state index contributed by atoms with van der Waals surface area (Å²) in [5.74, 6) is 1.72. The van der Waals surface area contributed by atoms with Crippen molar-refractivity contribution in [3.8, 4) is 11.5 Å². The highest BCUT2D eigenvalue weighted by Gasteiger charge is 2.60. The van der Waals surface area contributed by atoms with Gasteiger partial charge in [-0.05, 0) is 41.0 Å². The van der Waals surface area contributed by atoms with Crippen molar-refractivity contribution >= 4 is 5.57 Å². The number of benzene rings is 2. The normalized spacial score (nSPS) is 16.8. The highest BCUT2D eigenvalue weighted by molar-refractivity contribution is 5.81. The van der Waals surface area contributed by atoms with Crippen LogP contribution in [0.15, 0.2) is 59.8 Å². The van der Waals surface area contributed by atoms with Crippen LogP contribution in [0.2, 0.25) is 0 Å². The molecule has 1 aliphatic rings. The standard InChI is InChI=1S/C23H26O2/c1-22(2)21(23(22,3)4)15-20(16-7-11-18(24-5)12-8-16)17-9-13-19(25-6)14-10-17/h7-14H,1-6H3. The molecule has 0 N–H and O–H groups in total. The van der Waals surface area contributed by atoms with Crippen LogP contribution in [0.5, 0.6) is 11.5 Å². The molecule has 0 aromatic heterocycles. The van der Waals surface area contributed by atoms with Crippen molar-refractivity contribution in [1.29, 1.82) is 0 Å². The number of allylic oxidation sites excluding steroid dienone is 1. The molecular weight excluding hydrogens is 308 g/mol. The lowest BCUT2D eigenvalue weighted by atomic mass is 9.98. The Bertz CT molecular complexity index is 765. The van der Waals surface area contributed by atoms with Gasteiger partial charge in [0.2, 0.25) is 0 Å². The zero-order chi connectivity index (χ0) is 18.2. The largest absolute Gasteiger partial charge is 0.497 e. The molecule has 130 valence electrons. The summed E-state index contributed by atoms with van der Waals surface area (Å²) in [6.45, 7) is 9.15. The molecule has 0 spiro atoms. The molecule has 0 heterocycles. The van der Waals surface area contributed by atoms with Gasteiger partial charge >= 0.3 is 0 Å². The Morgan fingerprint density at radius 3 is 1.32 bits per heavy atom. The van der Waals surface area contributed by atoms with Crippen LogP contribution in [-0.4, -0.2) is 14.2 Å². The van der Waals surface area contributed by atoms with Gasteiger partial charge in [0.15, 0.2) is 0 Å². The van der Waals surface area contributed by atoms with Gasteiger partial charge in [-0.2, -0.15) is 0 Å². The van der Waals surface area contributed by atoms with Crippen molar-refractivity contribution in [3.63, 3.8) is 0 Å². The maximum absolute atomic E-state index is 5.29. The third-order valence-corrected chi connectivity index (χ3v) is 5.76. The molecule has 2 aromatic carbocycles. The number of hydrogen-bond donors (Lipinski definition) is 0. The van der Waals surface area contributed by atoms with E-state index >= 15 is 0 Å². The fourth-order valence-electron chi connectivity index (χ4n) is 3.30. The fourth-order valence-corrected chi connectivity index (χ4v) is 3.30. The van der Waals surface area contributed by atoms with Crippen LogP contribution in [-0.2, 0) is 0 Å². The van der Waals surface area contributed by atoms with E-state index in [0.717, 1.165) is 28.2 Å². The van der Waals surface area contributed by atoms with Gasteiger partial charge in [0.05, 0.1) is 14.2 Å². The highest BCUT2D eigenvalue weighted by atomic mass is 16.5. The van der Waals surface area contributed by atoms with Crippen LogP contribution < -0.4 is 9.47 Å². The van der Waals surface area contributed by atoms with E-state index in [9.17, 15) is 0 Å². The summed E-state index contributed by atoms with van der Waals surface area (Å²) in [6, 6.07) is 16.3. The lowest BCUT2D eigenvalue weighted by Gasteiger charge is -2.08. The Morgan fingerprint density at radius 2 is 1.04 bits per heavy atom. The molecular formula is C23H26O2. The number of methoxy groups -OCH3 is 2. The van der Waals surface area contributed by atoms with Crippen molar-refractivity contribution < 1.29 is 9.47 Å². The molecule has 0 unspecified atom stereocenters. The molecule has 0 bridgehead atoms. The van der Waals surface area contributed by atoms with Crippen molar-refractivity contribution in [2.75, 3.05) is 14.2 Å². The second-order valence-corrected chi connectivity index (χ2v) is 7.58. The average Bonchev–Trinajstić information content (AvgIpc) is 3.01. The van der Waals surface area contributed by atoms with Crippen LogP contribution in [0.4, 0.5) is 0 Å². The van der Waals surface area contributed by atoms with E-state index in [-0.39, 0.29) is 10.8 Å². The zero-order valence-corrected chi connectivity index (χ0v) is 15.9. The monoisotopic (exact) mass is 334 g/mol. The van der Waals surface area contributed by atoms with Gasteiger partial charge in [-0.15, -0.1) is 5.73 Å². The zero-order valence-electron chi connectivity index (χ0n) is 15.9. The quantitative estimate of drug-likeness (QED) is 0.665. The van der Waals surface area contributed by atoms with Gasteiger partial charge < -0.3 is 9.47 Å². The molecule has 0 atom stereocenters. The molecule has 2 heteroatoms. The number of rotatable bonds is 4. The molecule has 0 amide bonds. The molecule has 1 saturated carbocycles. The minimum atomic E-state index is 0.178. The second kappa shape index (κ2) is 6.13. The summed E-state index contributed by atoms with van der Waals surface area (Å²) in [6.07, 6.45) is 0. The summed E-state index contributed by atoms with van der Waals surface area (Å²) in [5, 5.41) is 0. The molecule has 0 radical (unpaired) electrons.